The number of ether oxygens (including phenoxy) is 2. The molecule has 8 nitrogen and oxygen atoms in total. The van der Waals surface area contributed by atoms with E-state index in [2.05, 4.69) is 10.2 Å². The third-order valence-corrected chi connectivity index (χ3v) is 8.16. The molecule has 0 saturated carbocycles. The van der Waals surface area contributed by atoms with Gasteiger partial charge in [-0.3, -0.25) is 0 Å². The van der Waals surface area contributed by atoms with Gasteiger partial charge in [0, 0.05) is 12.1 Å². The Hall–Kier alpha value is -2.91. The first kappa shape index (κ1) is 23.3. The van der Waals surface area contributed by atoms with Crippen LogP contribution in [0.3, 0.4) is 0 Å². The first-order valence-electron chi connectivity index (χ1n) is 10.9. The highest BCUT2D eigenvalue weighted by Crippen LogP contribution is 2.37. The second-order valence-corrected chi connectivity index (χ2v) is 10.2. The second kappa shape index (κ2) is 9.15. The summed E-state index contributed by atoms with van der Waals surface area (Å²) in [5.41, 5.74) is 4.31. The van der Waals surface area contributed by atoms with Gasteiger partial charge in [-0.25, -0.2) is 8.42 Å². The van der Waals surface area contributed by atoms with Gasteiger partial charge in [-0.2, -0.15) is 4.31 Å². The van der Waals surface area contributed by atoms with Crippen LogP contribution in [0.5, 0.6) is 11.5 Å². The molecule has 0 aliphatic carbocycles. The minimum absolute atomic E-state index is 0.0805. The van der Waals surface area contributed by atoms with E-state index in [9.17, 15) is 8.42 Å². The van der Waals surface area contributed by atoms with Crippen LogP contribution in [0.4, 0.5) is 0 Å². The Morgan fingerprint density at radius 1 is 1.09 bits per heavy atom. The molecule has 9 heteroatoms. The SMILES string of the molecule is COc1cccc(-c2nnc(C3CCCN3S(=O)(=O)Cc3c(C)cc(OC)c(C)c3C)o2)c1. The van der Waals surface area contributed by atoms with E-state index >= 15 is 0 Å². The van der Waals surface area contributed by atoms with Crippen LogP contribution in [0.1, 0.15) is 47.0 Å². The van der Waals surface area contributed by atoms with Crippen LogP contribution in [0.25, 0.3) is 11.5 Å². The molecule has 1 aliphatic heterocycles. The van der Waals surface area contributed by atoms with E-state index in [1.807, 2.05) is 45.0 Å². The van der Waals surface area contributed by atoms with Crippen molar-refractivity contribution < 1.29 is 22.3 Å². The van der Waals surface area contributed by atoms with Gasteiger partial charge in [-0.1, -0.05) is 6.07 Å². The second-order valence-electron chi connectivity index (χ2n) is 8.33. The van der Waals surface area contributed by atoms with Gasteiger partial charge in [0.2, 0.25) is 21.8 Å². The maximum atomic E-state index is 13.5. The van der Waals surface area contributed by atoms with Crippen LogP contribution < -0.4 is 9.47 Å². The predicted molar refractivity (Wildman–Crippen MR) is 125 cm³/mol. The Balaban J connectivity index is 1.61. The van der Waals surface area contributed by atoms with Crippen molar-refractivity contribution in [2.45, 2.75) is 45.4 Å². The minimum Gasteiger partial charge on any atom is -0.497 e. The Kier molecular flexibility index (Phi) is 6.45. The highest BCUT2D eigenvalue weighted by Gasteiger charge is 2.39. The molecule has 33 heavy (non-hydrogen) atoms. The summed E-state index contributed by atoms with van der Waals surface area (Å²) in [4.78, 5) is 0. The largest absolute Gasteiger partial charge is 0.497 e. The Bertz CT molecular complexity index is 1270. The number of sulfonamides is 1. The molecule has 4 rings (SSSR count). The van der Waals surface area contributed by atoms with Crippen LogP contribution in [-0.2, 0) is 15.8 Å². The summed E-state index contributed by atoms with van der Waals surface area (Å²) in [5.74, 6) is 2.01. The van der Waals surface area contributed by atoms with Crippen molar-refractivity contribution in [3.63, 3.8) is 0 Å². The number of benzene rings is 2. The number of nitrogens with zero attached hydrogens (tertiary/aromatic N) is 3. The summed E-state index contributed by atoms with van der Waals surface area (Å²) in [6.07, 6.45) is 1.37. The number of hydrogen-bond donors (Lipinski definition) is 0. The summed E-state index contributed by atoms with van der Waals surface area (Å²) in [6, 6.07) is 8.75. The number of aromatic nitrogens is 2. The molecule has 1 aromatic heterocycles. The average molecular weight is 472 g/mol. The van der Waals surface area contributed by atoms with Crippen LogP contribution in [-0.4, -0.2) is 43.7 Å². The fourth-order valence-electron chi connectivity index (χ4n) is 4.36. The van der Waals surface area contributed by atoms with Crippen molar-refractivity contribution in [1.29, 1.82) is 0 Å². The quantitative estimate of drug-likeness (QED) is 0.506. The molecule has 2 heterocycles. The molecule has 1 fully saturated rings. The van der Waals surface area contributed by atoms with Crippen molar-refractivity contribution in [2.24, 2.45) is 0 Å². The zero-order chi connectivity index (χ0) is 23.8. The molecular weight excluding hydrogens is 442 g/mol. The summed E-state index contributed by atoms with van der Waals surface area (Å²) >= 11 is 0. The van der Waals surface area contributed by atoms with Crippen LogP contribution in [0.15, 0.2) is 34.7 Å². The molecule has 0 bridgehead atoms. The molecule has 3 aromatic rings. The summed E-state index contributed by atoms with van der Waals surface area (Å²) in [5, 5.41) is 8.35. The fourth-order valence-corrected chi connectivity index (χ4v) is 6.33. The molecular formula is C24H29N3O5S. The lowest BCUT2D eigenvalue weighted by molar-refractivity contribution is 0.332. The van der Waals surface area contributed by atoms with Crippen LogP contribution in [0, 0.1) is 20.8 Å². The van der Waals surface area contributed by atoms with Crippen molar-refractivity contribution in [2.75, 3.05) is 20.8 Å². The lowest BCUT2D eigenvalue weighted by atomic mass is 9.99. The highest BCUT2D eigenvalue weighted by atomic mass is 32.2. The summed E-state index contributed by atoms with van der Waals surface area (Å²) in [6.45, 7) is 6.23. The molecule has 1 atom stereocenters. The number of methoxy groups -OCH3 is 2. The van der Waals surface area contributed by atoms with Gasteiger partial charge < -0.3 is 13.9 Å². The fraction of sp³-hybridized carbons (Fsp3) is 0.417. The molecule has 1 saturated heterocycles. The molecule has 0 spiro atoms. The molecule has 1 aliphatic rings. The van der Waals surface area contributed by atoms with E-state index in [1.165, 1.54) is 4.31 Å². The topological polar surface area (TPSA) is 94.8 Å². The molecule has 0 N–H and O–H groups in total. The lowest BCUT2D eigenvalue weighted by Crippen LogP contribution is -2.32. The highest BCUT2D eigenvalue weighted by molar-refractivity contribution is 7.88. The van der Waals surface area contributed by atoms with E-state index in [0.29, 0.717) is 30.5 Å². The monoisotopic (exact) mass is 471 g/mol. The van der Waals surface area contributed by atoms with Gasteiger partial charge in [-0.05, 0) is 80.1 Å². The Morgan fingerprint density at radius 2 is 1.88 bits per heavy atom. The minimum atomic E-state index is -3.61. The molecule has 2 aromatic carbocycles. The number of aryl methyl sites for hydroxylation is 1. The molecule has 0 amide bonds. The van der Waals surface area contributed by atoms with E-state index in [4.69, 9.17) is 13.9 Å². The van der Waals surface area contributed by atoms with Crippen LogP contribution >= 0.6 is 0 Å². The predicted octanol–water partition coefficient (Wildman–Crippen LogP) is 4.35. The first-order chi connectivity index (χ1) is 15.7. The van der Waals surface area contributed by atoms with Crippen molar-refractivity contribution in [1.82, 2.24) is 14.5 Å². The zero-order valence-electron chi connectivity index (χ0n) is 19.6. The van der Waals surface area contributed by atoms with Gasteiger partial charge >= 0.3 is 0 Å². The number of hydrogen-bond acceptors (Lipinski definition) is 7. The maximum absolute atomic E-state index is 13.5. The maximum Gasteiger partial charge on any atom is 0.247 e. The van der Waals surface area contributed by atoms with Gasteiger partial charge in [0.25, 0.3) is 0 Å². The summed E-state index contributed by atoms with van der Waals surface area (Å²) < 4.78 is 45.1. The molecule has 1 unspecified atom stereocenters. The molecule has 176 valence electrons. The average Bonchev–Trinajstić information content (AvgIpc) is 3.49. The third-order valence-electron chi connectivity index (χ3n) is 6.36. The molecule has 0 radical (unpaired) electrons. The van der Waals surface area contributed by atoms with E-state index in [0.717, 1.165) is 40.0 Å². The zero-order valence-corrected chi connectivity index (χ0v) is 20.4. The van der Waals surface area contributed by atoms with Gasteiger partial charge in [0.15, 0.2) is 0 Å². The Labute approximate surface area is 194 Å². The van der Waals surface area contributed by atoms with E-state index in [-0.39, 0.29) is 5.75 Å². The standard InChI is InChI=1S/C24H29N3O5S/c1-15-12-22(31-5)17(3)16(2)20(15)14-33(28,29)27-11-7-10-21(27)24-26-25-23(32-24)18-8-6-9-19(13-18)30-4/h6,8-9,12-13,21H,7,10-11,14H2,1-5H3. The Morgan fingerprint density at radius 3 is 2.61 bits per heavy atom. The van der Waals surface area contributed by atoms with Gasteiger partial charge in [0.1, 0.15) is 17.5 Å². The van der Waals surface area contributed by atoms with Crippen molar-refractivity contribution >= 4 is 10.0 Å². The third kappa shape index (κ3) is 4.47. The normalized spacial score (nSPS) is 16.8. The first-order valence-corrected chi connectivity index (χ1v) is 12.5. The van der Waals surface area contributed by atoms with Gasteiger partial charge in [-0.15, -0.1) is 10.2 Å². The van der Waals surface area contributed by atoms with Crippen molar-refractivity contribution in [3.8, 4) is 23.0 Å². The summed E-state index contributed by atoms with van der Waals surface area (Å²) in [7, 11) is -0.401. The van der Waals surface area contributed by atoms with E-state index in [1.54, 1.807) is 20.3 Å². The van der Waals surface area contributed by atoms with Gasteiger partial charge in [0.05, 0.1) is 20.0 Å². The number of rotatable bonds is 7. The smallest absolute Gasteiger partial charge is 0.247 e. The van der Waals surface area contributed by atoms with E-state index < -0.39 is 16.1 Å². The van der Waals surface area contributed by atoms with Crippen LogP contribution in [0.2, 0.25) is 0 Å². The lowest BCUT2D eigenvalue weighted by Gasteiger charge is -2.23. The van der Waals surface area contributed by atoms with Crippen molar-refractivity contribution in [3.05, 3.63) is 58.5 Å².